The highest BCUT2D eigenvalue weighted by Gasteiger charge is 2.18. The summed E-state index contributed by atoms with van der Waals surface area (Å²) < 4.78 is 0. The highest BCUT2D eigenvalue weighted by molar-refractivity contribution is 7.09. The van der Waals surface area contributed by atoms with Gasteiger partial charge in [-0.1, -0.05) is 0 Å². The molecule has 1 fully saturated rings. The minimum Gasteiger partial charge on any atom is -0.357 e. The Balaban J connectivity index is 0.00000110. The summed E-state index contributed by atoms with van der Waals surface area (Å²) in [6.07, 6.45) is 1.83. The molecule has 1 saturated heterocycles. The molecule has 0 radical (unpaired) electrons. The molecule has 1 amide bonds. The van der Waals surface area contributed by atoms with Crippen LogP contribution >= 0.6 is 36.2 Å². The summed E-state index contributed by atoms with van der Waals surface area (Å²) in [7, 11) is 0. The number of hydrogen-bond donors (Lipinski definition) is 3. The Kier molecular flexibility index (Phi) is 6.67. The van der Waals surface area contributed by atoms with E-state index in [1.165, 1.54) is 0 Å². The molecule has 3 N–H and O–H groups in total. The first-order chi connectivity index (χ1) is 9.22. The number of rotatable bonds is 4. The molecular weight excluding hydrogens is 331 g/mol. The Hall–Kier alpha value is -1.08. The summed E-state index contributed by atoms with van der Waals surface area (Å²) in [6.45, 7) is 4.69. The maximum absolute atomic E-state index is 12.0. The Bertz CT molecular complexity index is 595. The average Bonchev–Trinajstić information content (AvgIpc) is 2.94. The number of H-pyrrole nitrogens is 1. The van der Waals surface area contributed by atoms with Crippen molar-refractivity contribution in [3.8, 4) is 11.3 Å². The molecule has 3 heterocycles. The monoisotopic (exact) mass is 348 g/mol. The standard InChI is InChI=1S/C13H16N4OS.2ClH/c1-8-17-12(7-19-8)10-2-11(15-6-10)13(18)16-5-9-3-14-4-9;;/h2,6-7,9,14-15H,3-5H2,1H3,(H,16,18);2*1H. The molecular formula is C13H18Cl2N4OS. The van der Waals surface area contributed by atoms with Crippen LogP contribution in [0.3, 0.4) is 0 Å². The van der Waals surface area contributed by atoms with Crippen molar-refractivity contribution in [2.24, 2.45) is 5.92 Å². The first-order valence-electron chi connectivity index (χ1n) is 6.32. The van der Waals surface area contributed by atoms with Gasteiger partial charge in [0.15, 0.2) is 0 Å². The van der Waals surface area contributed by atoms with Gasteiger partial charge in [-0.3, -0.25) is 4.79 Å². The second-order valence-corrected chi connectivity index (χ2v) is 5.85. The van der Waals surface area contributed by atoms with Gasteiger partial charge in [-0.05, 0) is 13.0 Å². The van der Waals surface area contributed by atoms with Gasteiger partial charge in [-0.15, -0.1) is 36.2 Å². The topological polar surface area (TPSA) is 69.8 Å². The van der Waals surface area contributed by atoms with Gasteiger partial charge in [0.25, 0.3) is 5.91 Å². The zero-order valence-corrected chi connectivity index (χ0v) is 14.0. The van der Waals surface area contributed by atoms with E-state index in [9.17, 15) is 4.79 Å². The fourth-order valence-electron chi connectivity index (χ4n) is 1.99. The number of amides is 1. The maximum Gasteiger partial charge on any atom is 0.267 e. The number of nitrogens with zero attached hydrogens (tertiary/aromatic N) is 1. The molecule has 1 aliphatic rings. The van der Waals surface area contributed by atoms with Crippen molar-refractivity contribution >= 4 is 42.1 Å². The summed E-state index contributed by atoms with van der Waals surface area (Å²) in [4.78, 5) is 19.4. The Labute approximate surface area is 139 Å². The molecule has 116 valence electrons. The van der Waals surface area contributed by atoms with E-state index in [0.717, 1.165) is 35.9 Å². The summed E-state index contributed by atoms with van der Waals surface area (Å²) in [5, 5.41) is 9.16. The number of hydrogen-bond acceptors (Lipinski definition) is 4. The predicted octanol–water partition coefficient (Wildman–Crippen LogP) is 2.24. The van der Waals surface area contributed by atoms with Crippen LogP contribution in [0.15, 0.2) is 17.6 Å². The molecule has 21 heavy (non-hydrogen) atoms. The molecule has 0 atom stereocenters. The minimum atomic E-state index is -0.0508. The number of carbonyl (C=O) groups is 1. The molecule has 0 spiro atoms. The van der Waals surface area contributed by atoms with E-state index in [4.69, 9.17) is 0 Å². The van der Waals surface area contributed by atoms with Gasteiger partial charge < -0.3 is 15.6 Å². The number of aryl methyl sites for hydroxylation is 1. The Morgan fingerprint density at radius 2 is 2.24 bits per heavy atom. The van der Waals surface area contributed by atoms with E-state index in [1.54, 1.807) is 11.3 Å². The number of aromatic nitrogens is 2. The highest BCUT2D eigenvalue weighted by atomic mass is 35.5. The van der Waals surface area contributed by atoms with Gasteiger partial charge in [-0.25, -0.2) is 4.98 Å². The van der Waals surface area contributed by atoms with Gasteiger partial charge in [-0.2, -0.15) is 0 Å². The molecule has 0 aromatic carbocycles. The number of halogens is 2. The normalized spacial score (nSPS) is 13.8. The molecule has 0 unspecified atom stereocenters. The quantitative estimate of drug-likeness (QED) is 0.793. The smallest absolute Gasteiger partial charge is 0.267 e. The van der Waals surface area contributed by atoms with Crippen molar-refractivity contribution in [1.29, 1.82) is 0 Å². The van der Waals surface area contributed by atoms with E-state index in [-0.39, 0.29) is 30.7 Å². The van der Waals surface area contributed by atoms with Crippen LogP contribution in [0.2, 0.25) is 0 Å². The molecule has 5 nitrogen and oxygen atoms in total. The number of thiazole rings is 1. The van der Waals surface area contributed by atoms with Crippen molar-refractivity contribution in [1.82, 2.24) is 20.6 Å². The van der Waals surface area contributed by atoms with E-state index < -0.39 is 0 Å². The first kappa shape index (κ1) is 18.0. The van der Waals surface area contributed by atoms with Crippen LogP contribution < -0.4 is 10.6 Å². The minimum absolute atomic E-state index is 0. The summed E-state index contributed by atoms with van der Waals surface area (Å²) in [6, 6.07) is 1.85. The number of carbonyl (C=O) groups excluding carboxylic acids is 1. The van der Waals surface area contributed by atoms with Gasteiger partial charge in [0.05, 0.1) is 10.7 Å². The number of nitrogens with one attached hydrogen (secondary N) is 3. The van der Waals surface area contributed by atoms with Crippen molar-refractivity contribution in [2.45, 2.75) is 6.92 Å². The lowest BCUT2D eigenvalue weighted by molar-refractivity contribution is 0.0938. The third kappa shape index (κ3) is 4.20. The Morgan fingerprint density at radius 1 is 1.48 bits per heavy atom. The van der Waals surface area contributed by atoms with Crippen LogP contribution in [-0.2, 0) is 0 Å². The summed E-state index contributed by atoms with van der Waals surface area (Å²) >= 11 is 1.61. The van der Waals surface area contributed by atoms with Gasteiger partial charge in [0.1, 0.15) is 5.69 Å². The fraction of sp³-hybridized carbons (Fsp3) is 0.385. The van der Waals surface area contributed by atoms with Gasteiger partial charge in [0, 0.05) is 42.7 Å². The highest BCUT2D eigenvalue weighted by Crippen LogP contribution is 2.22. The third-order valence-corrected chi connectivity index (χ3v) is 4.03. The first-order valence-corrected chi connectivity index (χ1v) is 7.20. The zero-order valence-electron chi connectivity index (χ0n) is 11.5. The molecule has 0 saturated carbocycles. The second kappa shape index (κ2) is 7.79. The summed E-state index contributed by atoms with van der Waals surface area (Å²) in [5.74, 6) is 0.518. The van der Waals surface area contributed by atoms with Crippen molar-refractivity contribution < 1.29 is 4.79 Å². The van der Waals surface area contributed by atoms with Gasteiger partial charge in [0.2, 0.25) is 0 Å². The SMILES string of the molecule is Cc1nc(-c2c[nH]c(C(=O)NCC3CNC3)c2)cs1.Cl.Cl. The van der Waals surface area contributed by atoms with E-state index in [0.29, 0.717) is 11.6 Å². The lowest BCUT2D eigenvalue weighted by atomic mass is 10.0. The Morgan fingerprint density at radius 3 is 2.81 bits per heavy atom. The maximum atomic E-state index is 12.0. The van der Waals surface area contributed by atoms with Crippen LogP contribution in [0.1, 0.15) is 15.5 Å². The van der Waals surface area contributed by atoms with Crippen molar-refractivity contribution in [3.05, 3.63) is 28.3 Å². The second-order valence-electron chi connectivity index (χ2n) is 4.79. The predicted molar refractivity (Wildman–Crippen MR) is 89.8 cm³/mol. The lowest BCUT2D eigenvalue weighted by Crippen LogP contribution is -2.48. The molecule has 2 aromatic rings. The van der Waals surface area contributed by atoms with Crippen LogP contribution in [0.25, 0.3) is 11.3 Å². The largest absolute Gasteiger partial charge is 0.357 e. The van der Waals surface area contributed by atoms with Crippen LogP contribution in [0.5, 0.6) is 0 Å². The van der Waals surface area contributed by atoms with Crippen LogP contribution in [0, 0.1) is 12.8 Å². The molecule has 0 aliphatic carbocycles. The van der Waals surface area contributed by atoms with Crippen LogP contribution in [-0.4, -0.2) is 35.5 Å². The average molecular weight is 349 g/mol. The van der Waals surface area contributed by atoms with Crippen molar-refractivity contribution in [2.75, 3.05) is 19.6 Å². The van der Waals surface area contributed by atoms with Crippen molar-refractivity contribution in [3.63, 3.8) is 0 Å². The van der Waals surface area contributed by atoms with Crippen LogP contribution in [0.4, 0.5) is 0 Å². The molecule has 3 rings (SSSR count). The molecule has 0 bridgehead atoms. The van der Waals surface area contributed by atoms with E-state index >= 15 is 0 Å². The van der Waals surface area contributed by atoms with E-state index in [2.05, 4.69) is 20.6 Å². The third-order valence-electron chi connectivity index (χ3n) is 3.26. The number of aromatic amines is 1. The lowest BCUT2D eigenvalue weighted by Gasteiger charge is -2.26. The molecule has 1 aliphatic heterocycles. The molecule has 2 aromatic heterocycles. The van der Waals surface area contributed by atoms with Gasteiger partial charge >= 0.3 is 0 Å². The molecule has 8 heteroatoms. The van der Waals surface area contributed by atoms with E-state index in [1.807, 2.05) is 24.6 Å². The zero-order chi connectivity index (χ0) is 13.2. The fourth-order valence-corrected chi connectivity index (χ4v) is 2.62. The summed E-state index contributed by atoms with van der Waals surface area (Å²) in [5.41, 5.74) is 2.47.